The first-order chi connectivity index (χ1) is 9.36. The average molecular weight is 375 g/mol. The number of hydrogen-bond donors (Lipinski definition) is 1. The van der Waals surface area contributed by atoms with Gasteiger partial charge in [-0.05, 0) is 0 Å². The number of phenols is 1. The number of rotatable bonds is 3. The van der Waals surface area contributed by atoms with Gasteiger partial charge in [-0.15, -0.1) is 0 Å². The summed E-state index contributed by atoms with van der Waals surface area (Å²) in [6.07, 6.45) is 4.25. The fraction of sp³-hybridized carbons (Fsp3) is 0.647. The van der Waals surface area contributed by atoms with E-state index in [2.05, 4.69) is 42.4 Å². The maximum absolute atomic E-state index is 10.1. The fourth-order valence-corrected chi connectivity index (χ4v) is 4.63. The van der Waals surface area contributed by atoms with Crippen LogP contribution in [0.4, 0.5) is 0 Å². The van der Waals surface area contributed by atoms with Gasteiger partial charge in [0.1, 0.15) is 0 Å². The number of aromatic hydroxyl groups is 1. The van der Waals surface area contributed by atoms with Crippen molar-refractivity contribution in [2.24, 2.45) is 0 Å². The second-order valence-electron chi connectivity index (χ2n) is 8.09. The van der Waals surface area contributed by atoms with Gasteiger partial charge in [-0.25, -0.2) is 0 Å². The average Bonchev–Trinajstić information content (AvgIpc) is 2.32. The summed E-state index contributed by atoms with van der Waals surface area (Å²) in [5, 5.41) is 8.40. The number of hydrogen-bond acceptors (Lipinski definition) is 2. The van der Waals surface area contributed by atoms with Crippen LogP contribution >= 0.6 is 20.8 Å². The van der Waals surface area contributed by atoms with Gasteiger partial charge in [-0.3, -0.25) is 0 Å². The monoisotopic (exact) mass is 374 g/mol. The van der Waals surface area contributed by atoms with Crippen molar-refractivity contribution < 1.29 is 9.84 Å². The van der Waals surface area contributed by atoms with Gasteiger partial charge in [-0.1, -0.05) is 0 Å². The van der Waals surface area contributed by atoms with E-state index in [0.717, 1.165) is 36.1 Å². The predicted molar refractivity (Wildman–Crippen MR) is 98.0 cm³/mol. The van der Waals surface area contributed by atoms with Crippen LogP contribution in [0.1, 0.15) is 36.5 Å². The molecular weight excluding hydrogens is 347 g/mol. The van der Waals surface area contributed by atoms with Gasteiger partial charge in [0.2, 0.25) is 0 Å². The number of benzene rings is 1. The zero-order valence-electron chi connectivity index (χ0n) is 14.1. The normalized spacial score (nSPS) is 23.9. The SMILES string of the molecule is Cc1cc2c(c(C)c1O)CCC(C)(CCP(C)(C)(C)Br)O2. The van der Waals surface area contributed by atoms with Crippen LogP contribution in [-0.2, 0) is 6.42 Å². The van der Waals surface area contributed by atoms with E-state index in [0.29, 0.717) is 5.75 Å². The zero-order chi connectivity index (χ0) is 16.1. The van der Waals surface area contributed by atoms with Gasteiger partial charge < -0.3 is 0 Å². The molecule has 1 heterocycles. The first-order valence-electron chi connectivity index (χ1n) is 7.60. The Morgan fingerprint density at radius 3 is 2.52 bits per heavy atom. The summed E-state index contributed by atoms with van der Waals surface area (Å²) >= 11 is 3.94. The summed E-state index contributed by atoms with van der Waals surface area (Å²) in [7, 11) is 0. The van der Waals surface area contributed by atoms with Crippen molar-refractivity contribution >= 4 is 20.8 Å². The van der Waals surface area contributed by atoms with Crippen LogP contribution in [0.15, 0.2) is 6.07 Å². The van der Waals surface area contributed by atoms with Crippen LogP contribution in [0.2, 0.25) is 0 Å². The third kappa shape index (κ3) is 4.13. The third-order valence-corrected chi connectivity index (χ3v) is 7.28. The van der Waals surface area contributed by atoms with Gasteiger partial charge in [0.05, 0.1) is 0 Å². The van der Waals surface area contributed by atoms with E-state index in [1.54, 1.807) is 0 Å². The summed E-state index contributed by atoms with van der Waals surface area (Å²) in [6.45, 7) is 13.2. The zero-order valence-corrected chi connectivity index (χ0v) is 16.6. The van der Waals surface area contributed by atoms with Crippen LogP contribution in [0.3, 0.4) is 0 Å². The van der Waals surface area contributed by atoms with Crippen molar-refractivity contribution in [3.05, 3.63) is 22.8 Å². The van der Waals surface area contributed by atoms with E-state index in [1.165, 1.54) is 11.7 Å². The number of ether oxygens (including phenoxy) is 1. The van der Waals surface area contributed by atoms with Crippen molar-refractivity contribution in [3.8, 4) is 11.5 Å². The molecule has 1 atom stereocenters. The summed E-state index contributed by atoms with van der Waals surface area (Å²) in [5.74, 6) is 1.39. The Labute approximate surface area is 136 Å². The Bertz CT molecular complexity index is 565. The van der Waals surface area contributed by atoms with Crippen LogP contribution in [0, 0.1) is 13.8 Å². The van der Waals surface area contributed by atoms with E-state index >= 15 is 0 Å². The number of aryl methyl sites for hydroxylation is 1. The summed E-state index contributed by atoms with van der Waals surface area (Å²) < 4.78 is 6.37. The summed E-state index contributed by atoms with van der Waals surface area (Å²) in [4.78, 5) is 0. The molecule has 2 rings (SSSR count). The van der Waals surface area contributed by atoms with Crippen molar-refractivity contribution in [1.29, 1.82) is 0 Å². The van der Waals surface area contributed by atoms with E-state index < -0.39 is 5.31 Å². The van der Waals surface area contributed by atoms with Gasteiger partial charge in [0.25, 0.3) is 0 Å². The molecule has 0 fully saturated rings. The Kier molecular flexibility index (Phi) is 4.18. The van der Waals surface area contributed by atoms with Crippen molar-refractivity contribution in [2.75, 3.05) is 26.2 Å². The number of phenolic OH excluding ortho intramolecular Hbond substituents is 1. The van der Waals surface area contributed by atoms with E-state index in [1.807, 2.05) is 19.9 Å². The van der Waals surface area contributed by atoms with Crippen molar-refractivity contribution in [2.45, 2.75) is 45.6 Å². The molecule has 0 aliphatic carbocycles. The Morgan fingerprint density at radius 1 is 1.33 bits per heavy atom. The summed E-state index contributed by atoms with van der Waals surface area (Å²) in [6, 6.07) is 1.99. The summed E-state index contributed by atoms with van der Waals surface area (Å²) in [5.41, 5.74) is 2.96. The molecule has 1 aromatic rings. The van der Waals surface area contributed by atoms with Gasteiger partial charge in [0.15, 0.2) is 0 Å². The van der Waals surface area contributed by atoms with Gasteiger partial charge in [0, 0.05) is 0 Å². The second kappa shape index (κ2) is 5.13. The second-order valence-corrected chi connectivity index (χ2v) is 22.3. The molecule has 1 unspecified atom stereocenters. The van der Waals surface area contributed by atoms with E-state index in [9.17, 15) is 5.11 Å². The molecule has 0 amide bonds. The molecule has 0 saturated heterocycles. The predicted octanol–water partition coefficient (Wildman–Crippen LogP) is 5.24. The van der Waals surface area contributed by atoms with Crippen LogP contribution in [0.25, 0.3) is 0 Å². The number of fused-ring (bicyclic) bond motifs is 1. The molecule has 2 nitrogen and oxygen atoms in total. The molecule has 0 bridgehead atoms. The minimum atomic E-state index is -1.68. The molecule has 0 spiro atoms. The molecule has 0 aromatic heterocycles. The van der Waals surface area contributed by atoms with Crippen LogP contribution in [-0.4, -0.2) is 36.9 Å². The van der Waals surface area contributed by atoms with Crippen LogP contribution in [0.5, 0.6) is 11.5 Å². The minimum absolute atomic E-state index is 0.0954. The van der Waals surface area contributed by atoms with Crippen LogP contribution < -0.4 is 4.74 Å². The number of halogens is 1. The van der Waals surface area contributed by atoms with Gasteiger partial charge >= 0.3 is 137 Å². The molecule has 0 saturated carbocycles. The quantitative estimate of drug-likeness (QED) is 0.733. The molecule has 1 aromatic carbocycles. The molecule has 1 aliphatic rings. The van der Waals surface area contributed by atoms with E-state index in [-0.39, 0.29) is 5.60 Å². The molecule has 1 aliphatic heterocycles. The topological polar surface area (TPSA) is 29.5 Å². The molecule has 21 heavy (non-hydrogen) atoms. The Morgan fingerprint density at radius 2 is 1.95 bits per heavy atom. The molecule has 0 radical (unpaired) electrons. The maximum atomic E-state index is 10.1. The first-order valence-corrected chi connectivity index (χ1v) is 13.4. The van der Waals surface area contributed by atoms with Crippen molar-refractivity contribution in [1.82, 2.24) is 0 Å². The molecule has 120 valence electrons. The molecular formula is C17H28BrO2P. The standard InChI is InChI=1S/C17H28BrO2P/c1-12-11-15-14(13(2)16(12)19)7-8-17(3,20-15)9-10-21(4,5,6)18/h11,19H,7-10H2,1-6H3. The van der Waals surface area contributed by atoms with E-state index in [4.69, 9.17) is 4.74 Å². The Balaban J connectivity index is 2.23. The Hall–Kier alpha value is -0.270. The first kappa shape index (κ1) is 17.1. The fourth-order valence-electron chi connectivity index (χ4n) is 2.87. The molecule has 1 N–H and O–H groups in total. The molecule has 4 heteroatoms. The van der Waals surface area contributed by atoms with Gasteiger partial charge in [-0.2, -0.15) is 0 Å². The van der Waals surface area contributed by atoms with Crippen molar-refractivity contribution in [3.63, 3.8) is 0 Å². The third-order valence-electron chi connectivity index (χ3n) is 4.48.